The van der Waals surface area contributed by atoms with Crippen molar-refractivity contribution in [2.75, 3.05) is 11.9 Å². The van der Waals surface area contributed by atoms with Crippen molar-refractivity contribution in [1.82, 2.24) is 9.55 Å². The number of hydrogen-bond donors (Lipinski definition) is 1. The molecule has 0 saturated carbocycles. The molecule has 1 aliphatic carbocycles. The summed E-state index contributed by atoms with van der Waals surface area (Å²) in [5.41, 5.74) is 0.657. The topological polar surface area (TPSA) is 62.9 Å². The Labute approximate surface area is 196 Å². The number of allylic oxidation sites excluding steroid dienone is 1. The number of aromatic nitrogens is 2. The Bertz CT molecular complexity index is 1180. The Morgan fingerprint density at radius 3 is 2.71 bits per heavy atom. The summed E-state index contributed by atoms with van der Waals surface area (Å²) in [4.78, 5) is 4.11. The highest BCUT2D eigenvalue weighted by atomic mass is 19.4. The van der Waals surface area contributed by atoms with Gasteiger partial charge in [0.05, 0.1) is 42.8 Å². The van der Waals surface area contributed by atoms with Crippen LogP contribution >= 0.6 is 0 Å². The Hall–Kier alpha value is -3.57. The summed E-state index contributed by atoms with van der Waals surface area (Å²) >= 11 is 0. The number of halogens is 3. The standard InChI is InChI=1S/C26H25F3N4O/c1-25(17-34-16-19-5-3-2-4-6-19)10-9-22(33-12-11-31-18-33)14-24(25)32-21-8-7-20(15-30)23(13-21)26(27,28)29/h2-8,11-14,18,24,32H,9-10,16-17H2,1H3. The van der Waals surface area contributed by atoms with E-state index in [1.807, 2.05) is 47.2 Å². The predicted octanol–water partition coefficient (Wildman–Crippen LogP) is 6.11. The number of imidazole rings is 1. The number of anilines is 1. The number of nitrogens with zero attached hydrogens (tertiary/aromatic N) is 3. The number of rotatable bonds is 7. The van der Waals surface area contributed by atoms with Gasteiger partial charge in [0.1, 0.15) is 0 Å². The first-order valence-corrected chi connectivity index (χ1v) is 11.0. The summed E-state index contributed by atoms with van der Waals surface area (Å²) in [6, 6.07) is 14.9. The highest BCUT2D eigenvalue weighted by Gasteiger charge is 2.38. The smallest absolute Gasteiger partial charge is 0.378 e. The SMILES string of the molecule is CC1(COCc2ccccc2)CCC(n2ccnc2)=CC1Nc1ccc(C#N)c(C(F)(F)F)c1. The highest BCUT2D eigenvalue weighted by molar-refractivity contribution is 5.57. The maximum Gasteiger partial charge on any atom is 0.417 e. The van der Waals surface area contributed by atoms with E-state index in [0.717, 1.165) is 30.2 Å². The number of nitriles is 1. The molecule has 1 aliphatic rings. The van der Waals surface area contributed by atoms with Crippen LogP contribution in [-0.4, -0.2) is 22.2 Å². The largest absolute Gasteiger partial charge is 0.417 e. The Morgan fingerprint density at radius 1 is 1.24 bits per heavy atom. The molecule has 0 bridgehead atoms. The molecular weight excluding hydrogens is 441 g/mol. The zero-order valence-corrected chi connectivity index (χ0v) is 18.7. The molecule has 0 fully saturated rings. The van der Waals surface area contributed by atoms with E-state index < -0.39 is 17.3 Å². The molecule has 0 radical (unpaired) electrons. The fourth-order valence-corrected chi connectivity index (χ4v) is 4.19. The van der Waals surface area contributed by atoms with Gasteiger partial charge in [-0.25, -0.2) is 4.98 Å². The molecule has 5 nitrogen and oxygen atoms in total. The van der Waals surface area contributed by atoms with Crippen molar-refractivity contribution >= 4 is 11.4 Å². The Kier molecular flexibility index (Phi) is 6.75. The number of ether oxygens (including phenoxy) is 1. The lowest BCUT2D eigenvalue weighted by atomic mass is 9.74. The van der Waals surface area contributed by atoms with Gasteiger partial charge in [-0.2, -0.15) is 18.4 Å². The van der Waals surface area contributed by atoms with Gasteiger partial charge in [0, 0.05) is 29.2 Å². The Balaban J connectivity index is 1.60. The van der Waals surface area contributed by atoms with Crippen molar-refractivity contribution in [2.24, 2.45) is 5.41 Å². The van der Waals surface area contributed by atoms with Crippen LogP contribution in [0.4, 0.5) is 18.9 Å². The molecule has 2 unspecified atom stereocenters. The van der Waals surface area contributed by atoms with Crippen LogP contribution < -0.4 is 5.32 Å². The quantitative estimate of drug-likeness (QED) is 0.456. The van der Waals surface area contributed by atoms with Crippen molar-refractivity contribution in [1.29, 1.82) is 5.26 Å². The molecule has 2 atom stereocenters. The minimum Gasteiger partial charge on any atom is -0.378 e. The minimum atomic E-state index is -4.62. The van der Waals surface area contributed by atoms with Gasteiger partial charge in [-0.1, -0.05) is 37.3 Å². The molecule has 4 rings (SSSR count). The van der Waals surface area contributed by atoms with Crippen LogP contribution in [0.1, 0.15) is 36.5 Å². The third kappa shape index (κ3) is 5.32. The van der Waals surface area contributed by atoms with Crippen molar-refractivity contribution in [3.05, 3.63) is 90.0 Å². The molecule has 1 heterocycles. The second kappa shape index (κ2) is 9.74. The van der Waals surface area contributed by atoms with Crippen LogP contribution in [0.2, 0.25) is 0 Å². The lowest BCUT2D eigenvalue weighted by molar-refractivity contribution is -0.137. The molecule has 0 aliphatic heterocycles. The van der Waals surface area contributed by atoms with Crippen LogP contribution in [0.15, 0.2) is 73.3 Å². The molecule has 0 spiro atoms. The van der Waals surface area contributed by atoms with Crippen molar-refractivity contribution < 1.29 is 17.9 Å². The second-order valence-electron chi connectivity index (χ2n) is 8.75. The van der Waals surface area contributed by atoms with Gasteiger partial charge >= 0.3 is 6.18 Å². The van der Waals surface area contributed by atoms with E-state index in [1.54, 1.807) is 18.6 Å². The molecule has 176 valence electrons. The van der Waals surface area contributed by atoms with Gasteiger partial charge in [0.15, 0.2) is 0 Å². The molecule has 1 aromatic heterocycles. The van der Waals surface area contributed by atoms with Crippen LogP contribution in [0.3, 0.4) is 0 Å². The maximum atomic E-state index is 13.5. The van der Waals surface area contributed by atoms with Gasteiger partial charge in [0.2, 0.25) is 0 Å². The summed E-state index contributed by atoms with van der Waals surface area (Å²) in [6.45, 7) is 2.96. The first kappa shape index (κ1) is 23.6. The monoisotopic (exact) mass is 466 g/mol. The van der Waals surface area contributed by atoms with Gasteiger partial charge in [0.25, 0.3) is 0 Å². The lowest BCUT2D eigenvalue weighted by Crippen LogP contribution is -2.43. The van der Waals surface area contributed by atoms with Crippen LogP contribution in [0, 0.1) is 16.7 Å². The van der Waals surface area contributed by atoms with Gasteiger partial charge in [-0.3, -0.25) is 0 Å². The van der Waals surface area contributed by atoms with Gasteiger partial charge < -0.3 is 14.6 Å². The molecular formula is C26H25F3N4O. The third-order valence-corrected chi connectivity index (χ3v) is 6.21. The molecule has 8 heteroatoms. The number of alkyl halides is 3. The van der Waals surface area contributed by atoms with Gasteiger partial charge in [-0.15, -0.1) is 0 Å². The van der Waals surface area contributed by atoms with Crippen molar-refractivity contribution in [3.8, 4) is 6.07 Å². The zero-order valence-electron chi connectivity index (χ0n) is 18.7. The average molecular weight is 467 g/mol. The first-order chi connectivity index (χ1) is 16.3. The van der Waals surface area contributed by atoms with E-state index in [4.69, 9.17) is 10.00 Å². The summed E-state index contributed by atoms with van der Waals surface area (Å²) in [7, 11) is 0. The molecule has 34 heavy (non-hydrogen) atoms. The second-order valence-corrected chi connectivity index (χ2v) is 8.75. The highest BCUT2D eigenvalue weighted by Crippen LogP contribution is 2.40. The lowest BCUT2D eigenvalue weighted by Gasteiger charge is -2.41. The van der Waals surface area contributed by atoms with Crippen LogP contribution in [0.25, 0.3) is 5.70 Å². The maximum absolute atomic E-state index is 13.5. The Morgan fingerprint density at radius 2 is 2.03 bits per heavy atom. The molecule has 0 amide bonds. The van der Waals surface area contributed by atoms with E-state index >= 15 is 0 Å². The third-order valence-electron chi connectivity index (χ3n) is 6.21. The van der Waals surface area contributed by atoms with E-state index in [9.17, 15) is 13.2 Å². The fraction of sp³-hybridized carbons (Fsp3) is 0.308. The van der Waals surface area contributed by atoms with E-state index in [2.05, 4.69) is 17.2 Å². The van der Waals surface area contributed by atoms with Gasteiger partial charge in [-0.05, 0) is 42.7 Å². The van der Waals surface area contributed by atoms with E-state index in [0.29, 0.717) is 18.9 Å². The summed E-state index contributed by atoms with van der Waals surface area (Å²) in [5, 5.41) is 12.4. The van der Waals surface area contributed by atoms with E-state index in [1.165, 1.54) is 12.1 Å². The average Bonchev–Trinajstić information content (AvgIpc) is 3.36. The van der Waals surface area contributed by atoms with E-state index in [-0.39, 0.29) is 11.5 Å². The van der Waals surface area contributed by atoms with Crippen LogP contribution in [0.5, 0.6) is 0 Å². The predicted molar refractivity (Wildman–Crippen MR) is 124 cm³/mol. The van der Waals surface area contributed by atoms with Crippen molar-refractivity contribution in [2.45, 2.75) is 38.6 Å². The van der Waals surface area contributed by atoms with Crippen LogP contribution in [-0.2, 0) is 17.5 Å². The summed E-state index contributed by atoms with van der Waals surface area (Å²) in [6.07, 6.45) is 4.21. The fourth-order valence-electron chi connectivity index (χ4n) is 4.19. The summed E-state index contributed by atoms with van der Waals surface area (Å²) in [5.74, 6) is 0. The number of benzene rings is 2. The summed E-state index contributed by atoms with van der Waals surface area (Å²) < 4.78 is 48.5. The number of nitrogens with one attached hydrogen (secondary N) is 1. The molecule has 1 N–H and O–H groups in total. The van der Waals surface area contributed by atoms with Crippen molar-refractivity contribution in [3.63, 3.8) is 0 Å². The molecule has 3 aromatic rings. The minimum absolute atomic E-state index is 0.300. The first-order valence-electron chi connectivity index (χ1n) is 11.0. The molecule has 2 aromatic carbocycles. The normalized spacial score (nSPS) is 20.4. The number of hydrogen-bond acceptors (Lipinski definition) is 4. The zero-order chi connectivity index (χ0) is 24.2. The molecule has 0 saturated heterocycles.